The molecule has 2 atom stereocenters. The molecule has 4 aromatic heterocycles. The molecule has 0 bridgehead atoms. The Labute approximate surface area is 215 Å². The van der Waals surface area contributed by atoms with Crippen LogP contribution in [-0.4, -0.2) is 66.4 Å². The van der Waals surface area contributed by atoms with Crippen molar-refractivity contribution in [3.63, 3.8) is 0 Å². The number of aromatic nitrogens is 5. The normalized spacial score (nSPS) is 18.9. The Morgan fingerprint density at radius 3 is 2.70 bits per heavy atom. The van der Waals surface area contributed by atoms with Gasteiger partial charge in [-0.2, -0.15) is 20.7 Å². The van der Waals surface area contributed by atoms with E-state index in [1.807, 2.05) is 35.5 Å². The lowest BCUT2D eigenvalue weighted by Crippen LogP contribution is -2.53. The van der Waals surface area contributed by atoms with E-state index in [1.165, 1.54) is 0 Å². The molecule has 2 saturated heterocycles. The number of hydrogen-bond donors (Lipinski definition) is 1. The van der Waals surface area contributed by atoms with Gasteiger partial charge in [0.15, 0.2) is 6.19 Å². The summed E-state index contributed by atoms with van der Waals surface area (Å²) in [6.45, 7) is 7.74. The zero-order valence-electron chi connectivity index (χ0n) is 20.9. The largest absolute Gasteiger partial charge is 0.375 e. The Morgan fingerprint density at radius 2 is 1.97 bits per heavy atom. The number of pyridine rings is 2. The van der Waals surface area contributed by atoms with Gasteiger partial charge in [-0.1, -0.05) is 6.07 Å². The molecule has 2 aliphatic rings. The summed E-state index contributed by atoms with van der Waals surface area (Å²) in [7, 11) is 0. The molecule has 0 radical (unpaired) electrons. The Hall–Kier alpha value is -4.41. The Morgan fingerprint density at radius 1 is 1.11 bits per heavy atom. The Bertz CT molecular complexity index is 1520. The molecular weight excluding hydrogens is 464 g/mol. The first-order valence-electron chi connectivity index (χ1n) is 12.6. The van der Waals surface area contributed by atoms with E-state index in [0.717, 1.165) is 66.3 Å². The summed E-state index contributed by atoms with van der Waals surface area (Å²) < 4.78 is 3.89. The standard InChI is InChI=1S/C27H28N10/c1-18(25-5-3-4-7-30-25)33-26-9-20(13-36-27(26)21(10-28)11-31-36)24-12-32-37(19(24)2)23-15-35(16-23)22-6-8-34(14-22)17-29/h3-5,7,9,11-13,18,22-23,33H,6,8,14-16H2,1-2H3/t18-,22+/m1/s1. The van der Waals surface area contributed by atoms with Gasteiger partial charge in [-0.3, -0.25) is 14.6 Å². The fraction of sp³-hybridized carbons (Fsp3) is 0.370. The first kappa shape index (κ1) is 23.0. The third-order valence-electron chi connectivity index (χ3n) is 7.65. The topological polar surface area (TPSA) is 114 Å². The van der Waals surface area contributed by atoms with Crippen molar-refractivity contribution < 1.29 is 0 Å². The molecule has 0 spiro atoms. The van der Waals surface area contributed by atoms with Crippen molar-refractivity contribution in [2.45, 2.75) is 38.4 Å². The number of hydrogen-bond acceptors (Lipinski definition) is 8. The lowest BCUT2D eigenvalue weighted by atomic mass is 10.0. The van der Waals surface area contributed by atoms with Gasteiger partial charge in [0, 0.05) is 61.4 Å². The highest BCUT2D eigenvalue weighted by Gasteiger charge is 2.37. The average Bonchev–Trinajstić information content (AvgIpc) is 3.62. The minimum Gasteiger partial charge on any atom is -0.375 e. The number of likely N-dealkylation sites (tertiary alicyclic amines) is 2. The predicted octanol–water partition coefficient (Wildman–Crippen LogP) is 3.36. The van der Waals surface area contributed by atoms with Crippen LogP contribution >= 0.6 is 0 Å². The maximum Gasteiger partial charge on any atom is 0.179 e. The highest BCUT2D eigenvalue weighted by atomic mass is 15.4. The summed E-state index contributed by atoms with van der Waals surface area (Å²) in [5, 5.41) is 31.6. The maximum absolute atomic E-state index is 9.68. The first-order chi connectivity index (χ1) is 18.1. The van der Waals surface area contributed by atoms with Crippen LogP contribution in [0.5, 0.6) is 0 Å². The van der Waals surface area contributed by atoms with E-state index in [0.29, 0.717) is 17.6 Å². The highest BCUT2D eigenvalue weighted by molar-refractivity contribution is 5.83. The molecule has 0 unspecified atom stereocenters. The van der Waals surface area contributed by atoms with E-state index in [-0.39, 0.29) is 6.04 Å². The van der Waals surface area contributed by atoms with Gasteiger partial charge in [-0.15, -0.1) is 0 Å². The maximum atomic E-state index is 9.68. The molecule has 6 rings (SSSR count). The lowest BCUT2D eigenvalue weighted by Gasteiger charge is -2.43. The van der Waals surface area contributed by atoms with E-state index < -0.39 is 0 Å². The van der Waals surface area contributed by atoms with E-state index in [4.69, 9.17) is 10.4 Å². The van der Waals surface area contributed by atoms with Crippen LogP contribution < -0.4 is 5.32 Å². The molecule has 0 saturated carbocycles. The van der Waals surface area contributed by atoms with Crippen LogP contribution in [0.4, 0.5) is 5.69 Å². The van der Waals surface area contributed by atoms with Gasteiger partial charge in [-0.25, -0.2) is 4.52 Å². The minimum atomic E-state index is -0.0565. The van der Waals surface area contributed by atoms with E-state index in [2.05, 4.69) is 57.2 Å². The number of rotatable bonds is 6. The third kappa shape index (κ3) is 4.05. The predicted molar refractivity (Wildman–Crippen MR) is 138 cm³/mol. The second-order valence-electron chi connectivity index (χ2n) is 9.91. The molecular formula is C27H28N10. The SMILES string of the molecule is Cc1c(-c2cc(N[C@H](C)c3ccccn3)c3c(C#N)cnn3c2)cnn1C1CN([C@H]2CCN(C#N)C2)C1. The van der Waals surface area contributed by atoms with E-state index in [1.54, 1.807) is 16.9 Å². The number of anilines is 1. The zero-order valence-corrected chi connectivity index (χ0v) is 20.9. The summed E-state index contributed by atoms with van der Waals surface area (Å²) >= 11 is 0. The molecule has 0 amide bonds. The third-order valence-corrected chi connectivity index (χ3v) is 7.65. The number of nitrogens with one attached hydrogen (secondary N) is 1. The second-order valence-corrected chi connectivity index (χ2v) is 9.91. The molecule has 6 heterocycles. The summed E-state index contributed by atoms with van der Waals surface area (Å²) in [5.74, 6) is 0. The average molecular weight is 493 g/mol. The summed E-state index contributed by atoms with van der Waals surface area (Å²) in [6.07, 6.45) is 10.6. The molecule has 0 aliphatic carbocycles. The van der Waals surface area contributed by atoms with Gasteiger partial charge in [0.2, 0.25) is 0 Å². The lowest BCUT2D eigenvalue weighted by molar-refractivity contribution is 0.0568. The van der Waals surface area contributed by atoms with E-state index >= 15 is 0 Å². The molecule has 10 nitrogen and oxygen atoms in total. The van der Waals surface area contributed by atoms with Gasteiger partial charge in [0.25, 0.3) is 0 Å². The van der Waals surface area contributed by atoms with Crippen LogP contribution in [0.2, 0.25) is 0 Å². The van der Waals surface area contributed by atoms with Gasteiger partial charge in [-0.05, 0) is 38.5 Å². The number of fused-ring (bicyclic) bond motifs is 1. The van der Waals surface area contributed by atoms with Crippen molar-refractivity contribution in [2.75, 3.05) is 31.5 Å². The molecule has 37 heavy (non-hydrogen) atoms. The zero-order chi connectivity index (χ0) is 25.5. The molecule has 186 valence electrons. The number of nitrogens with zero attached hydrogens (tertiary/aromatic N) is 9. The fourth-order valence-electron chi connectivity index (χ4n) is 5.55. The van der Waals surface area contributed by atoms with Gasteiger partial charge in [0.05, 0.1) is 41.4 Å². The Balaban J connectivity index is 1.28. The summed E-state index contributed by atoms with van der Waals surface area (Å²) in [5.41, 5.74) is 6.14. The van der Waals surface area contributed by atoms with Gasteiger partial charge in [0.1, 0.15) is 11.6 Å². The summed E-state index contributed by atoms with van der Waals surface area (Å²) in [6, 6.07) is 10.9. The molecule has 0 aromatic carbocycles. The van der Waals surface area contributed by atoms with Crippen LogP contribution in [0.15, 0.2) is 49.1 Å². The van der Waals surface area contributed by atoms with Crippen molar-refractivity contribution >= 4 is 11.2 Å². The van der Waals surface area contributed by atoms with Crippen LogP contribution in [0, 0.1) is 29.7 Å². The molecule has 2 aliphatic heterocycles. The second kappa shape index (κ2) is 9.23. The Kier molecular flexibility index (Phi) is 5.74. The van der Waals surface area contributed by atoms with Crippen LogP contribution in [-0.2, 0) is 0 Å². The van der Waals surface area contributed by atoms with E-state index in [9.17, 15) is 5.26 Å². The molecule has 2 fully saturated rings. The fourth-order valence-corrected chi connectivity index (χ4v) is 5.55. The molecule has 4 aromatic rings. The van der Waals surface area contributed by atoms with Crippen molar-refractivity contribution in [2.24, 2.45) is 0 Å². The van der Waals surface area contributed by atoms with Gasteiger partial charge >= 0.3 is 0 Å². The quantitative estimate of drug-likeness (QED) is 0.408. The van der Waals surface area contributed by atoms with Crippen LogP contribution in [0.25, 0.3) is 16.6 Å². The smallest absolute Gasteiger partial charge is 0.179 e. The van der Waals surface area contributed by atoms with Crippen LogP contribution in [0.3, 0.4) is 0 Å². The van der Waals surface area contributed by atoms with Gasteiger partial charge < -0.3 is 10.2 Å². The minimum absolute atomic E-state index is 0.0565. The molecule has 1 N–H and O–H groups in total. The van der Waals surface area contributed by atoms with Crippen LogP contribution in [0.1, 0.15) is 42.4 Å². The summed E-state index contributed by atoms with van der Waals surface area (Å²) in [4.78, 5) is 8.78. The van der Waals surface area contributed by atoms with Crippen molar-refractivity contribution in [1.82, 2.24) is 34.2 Å². The first-order valence-corrected chi connectivity index (χ1v) is 12.6. The van der Waals surface area contributed by atoms with Crippen molar-refractivity contribution in [3.05, 3.63) is 66.0 Å². The molecule has 10 heteroatoms. The van der Waals surface area contributed by atoms with Crippen molar-refractivity contribution in [1.29, 1.82) is 10.5 Å². The monoisotopic (exact) mass is 492 g/mol. The number of nitriles is 2. The van der Waals surface area contributed by atoms with Crippen molar-refractivity contribution in [3.8, 4) is 23.4 Å². The highest BCUT2D eigenvalue weighted by Crippen LogP contribution is 2.34.